The van der Waals surface area contributed by atoms with E-state index in [9.17, 15) is 9.59 Å². The van der Waals surface area contributed by atoms with Crippen molar-refractivity contribution in [2.45, 2.75) is 33.4 Å². The monoisotopic (exact) mass is 475 g/mol. The van der Waals surface area contributed by atoms with Gasteiger partial charge in [-0.05, 0) is 62.2 Å². The van der Waals surface area contributed by atoms with Gasteiger partial charge in [0.1, 0.15) is 23.6 Å². The molecule has 1 N–H and O–H groups in total. The zero-order valence-electron chi connectivity index (χ0n) is 20.3. The molecule has 0 unspecified atom stereocenters. The third-order valence-electron chi connectivity index (χ3n) is 5.74. The molecule has 0 aliphatic heterocycles. The molecule has 2 aromatic carbocycles. The molecule has 1 atom stereocenters. The van der Waals surface area contributed by atoms with E-state index in [-0.39, 0.29) is 18.4 Å². The van der Waals surface area contributed by atoms with E-state index in [1.165, 1.54) is 4.90 Å². The van der Waals surface area contributed by atoms with Crippen molar-refractivity contribution in [2.24, 2.45) is 0 Å². The molecular formula is C26H29N5O4. The fourth-order valence-corrected chi connectivity index (χ4v) is 3.98. The van der Waals surface area contributed by atoms with Gasteiger partial charge in [-0.25, -0.2) is 4.68 Å². The molecule has 4 rings (SSSR count). The average molecular weight is 476 g/mol. The second kappa shape index (κ2) is 10.5. The summed E-state index contributed by atoms with van der Waals surface area (Å²) in [6, 6.07) is 15.7. The van der Waals surface area contributed by atoms with Crippen molar-refractivity contribution in [1.82, 2.24) is 20.3 Å². The predicted molar refractivity (Wildman–Crippen MR) is 132 cm³/mol. The minimum atomic E-state index is -1.02. The number of aromatic nitrogens is 3. The number of methoxy groups -OCH3 is 1. The fourth-order valence-electron chi connectivity index (χ4n) is 3.98. The van der Waals surface area contributed by atoms with E-state index in [4.69, 9.17) is 9.15 Å². The molecule has 9 heteroatoms. The number of aryl methyl sites for hydroxylation is 3. The first kappa shape index (κ1) is 24.2. The van der Waals surface area contributed by atoms with Gasteiger partial charge in [0, 0.05) is 19.3 Å². The van der Waals surface area contributed by atoms with Crippen LogP contribution in [0.2, 0.25) is 0 Å². The molecule has 35 heavy (non-hydrogen) atoms. The van der Waals surface area contributed by atoms with Gasteiger partial charge in [-0.3, -0.25) is 14.5 Å². The lowest BCUT2D eigenvalue weighted by atomic mass is 10.1. The maximum absolute atomic E-state index is 14.0. The number of rotatable bonds is 9. The van der Waals surface area contributed by atoms with E-state index < -0.39 is 6.04 Å². The number of hydrogen-bond donors (Lipinski definition) is 1. The Bertz CT molecular complexity index is 1340. The molecule has 4 aromatic rings. The highest BCUT2D eigenvalue weighted by atomic mass is 16.5. The van der Waals surface area contributed by atoms with Crippen molar-refractivity contribution >= 4 is 28.5 Å². The topological polar surface area (TPSA) is 102 Å². The Morgan fingerprint density at radius 3 is 2.66 bits per heavy atom. The van der Waals surface area contributed by atoms with Crippen LogP contribution in [0, 0.1) is 20.8 Å². The van der Waals surface area contributed by atoms with Crippen LogP contribution in [-0.4, -0.2) is 47.1 Å². The highest BCUT2D eigenvalue weighted by Crippen LogP contribution is 2.32. The third-order valence-corrected chi connectivity index (χ3v) is 5.74. The van der Waals surface area contributed by atoms with Gasteiger partial charge in [0.15, 0.2) is 6.04 Å². The molecule has 0 bridgehead atoms. The summed E-state index contributed by atoms with van der Waals surface area (Å²) < 4.78 is 12.5. The lowest BCUT2D eigenvalue weighted by Gasteiger charge is -2.31. The van der Waals surface area contributed by atoms with E-state index in [0.29, 0.717) is 35.9 Å². The summed E-state index contributed by atoms with van der Waals surface area (Å²) >= 11 is 0. The summed E-state index contributed by atoms with van der Waals surface area (Å²) in [7, 11) is 1.56. The smallest absolute Gasteiger partial charge is 0.251 e. The lowest BCUT2D eigenvalue weighted by Crippen LogP contribution is -2.46. The Hall–Kier alpha value is -3.98. The molecule has 0 aliphatic rings. The van der Waals surface area contributed by atoms with Crippen LogP contribution in [0.4, 0.5) is 5.69 Å². The van der Waals surface area contributed by atoms with Crippen LogP contribution < -0.4 is 10.2 Å². The van der Waals surface area contributed by atoms with Gasteiger partial charge in [-0.15, -0.1) is 5.10 Å². The van der Waals surface area contributed by atoms with Crippen molar-refractivity contribution in [3.63, 3.8) is 0 Å². The Labute approximate surface area is 203 Å². The van der Waals surface area contributed by atoms with Crippen LogP contribution in [0.3, 0.4) is 0 Å². The van der Waals surface area contributed by atoms with Crippen LogP contribution in [0.15, 0.2) is 59.0 Å². The molecule has 0 saturated carbocycles. The summed E-state index contributed by atoms with van der Waals surface area (Å²) in [5.41, 5.74) is 3.86. The maximum Gasteiger partial charge on any atom is 0.251 e. The van der Waals surface area contributed by atoms with E-state index in [0.717, 1.165) is 16.6 Å². The fraction of sp³-hybridized carbons (Fsp3) is 0.308. The number of hydrogen-bond acceptors (Lipinski definition) is 6. The van der Waals surface area contributed by atoms with Gasteiger partial charge in [0.25, 0.3) is 5.91 Å². The van der Waals surface area contributed by atoms with Crippen LogP contribution >= 0.6 is 0 Å². The van der Waals surface area contributed by atoms with Gasteiger partial charge in [-0.1, -0.05) is 29.5 Å². The standard InChI is InChI=1S/C26H29N5O4/c1-17-9-10-18(2)22(15-17)31(24(32)16-30-21-8-6-5-7-20(21)28-29-30)25(23-12-11-19(3)35-23)26(33)27-13-14-34-4/h5-12,15,25H,13-14,16H2,1-4H3,(H,27,33)/t25-/m1/s1. The largest absolute Gasteiger partial charge is 0.464 e. The van der Waals surface area contributed by atoms with Crippen molar-refractivity contribution in [3.8, 4) is 0 Å². The van der Waals surface area contributed by atoms with Gasteiger partial charge >= 0.3 is 0 Å². The van der Waals surface area contributed by atoms with Crippen LogP contribution in [0.25, 0.3) is 11.0 Å². The van der Waals surface area contributed by atoms with Gasteiger partial charge < -0.3 is 14.5 Å². The molecule has 2 heterocycles. The lowest BCUT2D eigenvalue weighted by molar-refractivity contribution is -0.127. The molecular weight excluding hydrogens is 446 g/mol. The molecule has 0 spiro atoms. The Kier molecular flexibility index (Phi) is 7.26. The Morgan fingerprint density at radius 2 is 1.91 bits per heavy atom. The molecule has 9 nitrogen and oxygen atoms in total. The zero-order chi connectivity index (χ0) is 24.9. The van der Waals surface area contributed by atoms with Crippen molar-refractivity contribution < 1.29 is 18.7 Å². The van der Waals surface area contributed by atoms with Gasteiger partial charge in [0.05, 0.1) is 12.1 Å². The SMILES string of the molecule is COCCNC(=O)[C@@H](c1ccc(C)o1)N(C(=O)Cn1nnc2ccccc21)c1cc(C)ccc1C. The number of nitrogens with zero attached hydrogens (tertiary/aromatic N) is 4. The molecule has 2 aromatic heterocycles. The summed E-state index contributed by atoms with van der Waals surface area (Å²) in [6.45, 7) is 6.20. The molecule has 0 aliphatic carbocycles. The summed E-state index contributed by atoms with van der Waals surface area (Å²) in [4.78, 5) is 29.0. The number of fused-ring (bicyclic) bond motifs is 1. The normalized spacial score (nSPS) is 12.0. The molecule has 0 saturated heterocycles. The van der Waals surface area contributed by atoms with E-state index in [1.807, 2.05) is 56.3 Å². The molecule has 182 valence electrons. The number of benzene rings is 2. The molecule has 0 fully saturated rings. The van der Waals surface area contributed by atoms with E-state index >= 15 is 0 Å². The number of nitrogens with one attached hydrogen (secondary N) is 1. The molecule has 2 amide bonds. The average Bonchev–Trinajstić information content (AvgIpc) is 3.45. The minimum Gasteiger partial charge on any atom is -0.464 e. The van der Waals surface area contributed by atoms with Crippen molar-refractivity contribution in [3.05, 3.63) is 77.2 Å². The number of furan rings is 1. The van der Waals surface area contributed by atoms with Crippen LogP contribution in [0.5, 0.6) is 0 Å². The Morgan fingerprint density at radius 1 is 1.11 bits per heavy atom. The predicted octanol–water partition coefficient (Wildman–Crippen LogP) is 3.49. The van der Waals surface area contributed by atoms with E-state index in [1.54, 1.807) is 30.8 Å². The maximum atomic E-state index is 14.0. The second-order valence-corrected chi connectivity index (χ2v) is 8.42. The number of anilines is 1. The highest BCUT2D eigenvalue weighted by molar-refractivity contribution is 6.01. The van der Waals surface area contributed by atoms with Gasteiger partial charge in [0.2, 0.25) is 5.91 Å². The Balaban J connectivity index is 1.80. The summed E-state index contributed by atoms with van der Waals surface area (Å²) in [5, 5.41) is 11.2. The second-order valence-electron chi connectivity index (χ2n) is 8.42. The van der Waals surface area contributed by atoms with Crippen molar-refractivity contribution in [1.29, 1.82) is 0 Å². The number of carbonyl (C=O) groups excluding carboxylic acids is 2. The third kappa shape index (κ3) is 5.25. The van der Waals surface area contributed by atoms with Crippen LogP contribution in [0.1, 0.15) is 28.7 Å². The number of amides is 2. The highest BCUT2D eigenvalue weighted by Gasteiger charge is 2.36. The summed E-state index contributed by atoms with van der Waals surface area (Å²) in [5.74, 6) is 0.324. The number of ether oxygens (including phenoxy) is 1. The minimum absolute atomic E-state index is 0.102. The first-order chi connectivity index (χ1) is 16.9. The van der Waals surface area contributed by atoms with Crippen LogP contribution in [-0.2, 0) is 20.9 Å². The summed E-state index contributed by atoms with van der Waals surface area (Å²) in [6.07, 6.45) is 0. The zero-order valence-corrected chi connectivity index (χ0v) is 20.3. The van der Waals surface area contributed by atoms with Gasteiger partial charge in [-0.2, -0.15) is 0 Å². The first-order valence-electron chi connectivity index (χ1n) is 11.4. The molecule has 0 radical (unpaired) electrons. The van der Waals surface area contributed by atoms with Crippen molar-refractivity contribution in [2.75, 3.05) is 25.2 Å². The first-order valence-corrected chi connectivity index (χ1v) is 11.4. The van der Waals surface area contributed by atoms with E-state index in [2.05, 4.69) is 15.6 Å². The number of carbonyl (C=O) groups is 2. The quantitative estimate of drug-likeness (QED) is 0.372. The number of para-hydroxylation sites is 1.